The highest BCUT2D eigenvalue weighted by molar-refractivity contribution is 7.09. The predicted molar refractivity (Wildman–Crippen MR) is 73.1 cm³/mol. The summed E-state index contributed by atoms with van der Waals surface area (Å²) in [4.78, 5) is 4.66. The lowest BCUT2D eigenvalue weighted by molar-refractivity contribution is -0.0325. The van der Waals surface area contributed by atoms with E-state index in [0.717, 1.165) is 17.1 Å². The molecule has 2 N–H and O–H groups in total. The number of aromatic nitrogens is 1. The summed E-state index contributed by atoms with van der Waals surface area (Å²) in [6.07, 6.45) is 0.921. The highest BCUT2D eigenvalue weighted by Crippen LogP contribution is 2.33. The van der Waals surface area contributed by atoms with E-state index in [9.17, 15) is 0 Å². The maximum Gasteiger partial charge on any atom is 0.125 e. The van der Waals surface area contributed by atoms with Gasteiger partial charge in [-0.15, -0.1) is 11.3 Å². The molecule has 0 saturated heterocycles. The third kappa shape index (κ3) is 3.27. The van der Waals surface area contributed by atoms with E-state index in [4.69, 9.17) is 10.5 Å². The van der Waals surface area contributed by atoms with Gasteiger partial charge in [-0.1, -0.05) is 20.8 Å². The van der Waals surface area contributed by atoms with Crippen molar-refractivity contribution in [3.63, 3.8) is 0 Å². The Bertz CT molecular complexity index is 351. The standard InChI is InChI=1S/C13H24N2OS/c1-6-13(5,16-7-2)12-15-10(8-17-12)11(14)9(3)4/h8-9,11H,6-7,14H2,1-5H3. The van der Waals surface area contributed by atoms with E-state index < -0.39 is 0 Å². The minimum atomic E-state index is -0.269. The normalized spacial score (nSPS) is 17.1. The van der Waals surface area contributed by atoms with Crippen LogP contribution in [0.1, 0.15) is 57.8 Å². The Labute approximate surface area is 108 Å². The second-order valence-corrected chi connectivity index (χ2v) is 5.72. The number of nitrogens with two attached hydrogens (primary N) is 1. The van der Waals surface area contributed by atoms with Crippen molar-refractivity contribution >= 4 is 11.3 Å². The van der Waals surface area contributed by atoms with Crippen molar-refractivity contribution < 1.29 is 4.74 Å². The van der Waals surface area contributed by atoms with Crippen LogP contribution in [-0.4, -0.2) is 11.6 Å². The first-order valence-electron chi connectivity index (χ1n) is 6.30. The van der Waals surface area contributed by atoms with Crippen LogP contribution in [0.25, 0.3) is 0 Å². The van der Waals surface area contributed by atoms with Crippen molar-refractivity contribution in [3.8, 4) is 0 Å². The van der Waals surface area contributed by atoms with Gasteiger partial charge in [0.25, 0.3) is 0 Å². The average Bonchev–Trinajstić information content (AvgIpc) is 2.77. The van der Waals surface area contributed by atoms with Gasteiger partial charge < -0.3 is 10.5 Å². The molecule has 0 amide bonds. The quantitative estimate of drug-likeness (QED) is 0.848. The summed E-state index contributed by atoms with van der Waals surface area (Å²) in [6.45, 7) is 11.2. The summed E-state index contributed by atoms with van der Waals surface area (Å²) in [5.41, 5.74) is 6.83. The summed E-state index contributed by atoms with van der Waals surface area (Å²) < 4.78 is 5.83. The largest absolute Gasteiger partial charge is 0.368 e. The third-order valence-electron chi connectivity index (χ3n) is 3.17. The van der Waals surface area contributed by atoms with Gasteiger partial charge in [0.2, 0.25) is 0 Å². The van der Waals surface area contributed by atoms with E-state index >= 15 is 0 Å². The zero-order valence-electron chi connectivity index (χ0n) is 11.5. The molecule has 0 spiro atoms. The number of rotatable bonds is 6. The molecule has 0 aliphatic carbocycles. The van der Waals surface area contributed by atoms with Gasteiger partial charge in [-0.05, 0) is 26.2 Å². The summed E-state index contributed by atoms with van der Waals surface area (Å²) >= 11 is 1.65. The Hall–Kier alpha value is -0.450. The van der Waals surface area contributed by atoms with Crippen LogP contribution in [-0.2, 0) is 10.3 Å². The van der Waals surface area contributed by atoms with Crippen LogP contribution in [0.4, 0.5) is 0 Å². The third-order valence-corrected chi connectivity index (χ3v) is 4.28. The first-order valence-corrected chi connectivity index (χ1v) is 7.18. The smallest absolute Gasteiger partial charge is 0.125 e. The first-order chi connectivity index (χ1) is 7.94. The highest BCUT2D eigenvalue weighted by Gasteiger charge is 2.29. The van der Waals surface area contributed by atoms with Crippen LogP contribution < -0.4 is 5.73 Å². The summed E-state index contributed by atoms with van der Waals surface area (Å²) in [5, 5.41) is 3.10. The number of ether oxygens (including phenoxy) is 1. The van der Waals surface area contributed by atoms with Crippen LogP contribution in [0.15, 0.2) is 5.38 Å². The Morgan fingerprint density at radius 2 is 2.12 bits per heavy atom. The van der Waals surface area contributed by atoms with Gasteiger partial charge in [0.05, 0.1) is 11.7 Å². The van der Waals surface area contributed by atoms with Crippen molar-refractivity contribution in [2.45, 2.75) is 52.7 Å². The maximum absolute atomic E-state index is 6.11. The van der Waals surface area contributed by atoms with Gasteiger partial charge in [0, 0.05) is 12.0 Å². The Kier molecular flexibility index (Phi) is 5.10. The van der Waals surface area contributed by atoms with Crippen LogP contribution in [0.3, 0.4) is 0 Å². The monoisotopic (exact) mass is 256 g/mol. The molecule has 0 aliphatic heterocycles. The van der Waals surface area contributed by atoms with E-state index in [1.54, 1.807) is 11.3 Å². The molecule has 0 fully saturated rings. The molecule has 1 aromatic rings. The molecule has 1 aromatic heterocycles. The first kappa shape index (κ1) is 14.6. The topological polar surface area (TPSA) is 48.1 Å². The van der Waals surface area contributed by atoms with Crippen molar-refractivity contribution in [1.29, 1.82) is 0 Å². The maximum atomic E-state index is 6.11. The molecule has 98 valence electrons. The molecule has 0 bridgehead atoms. The summed E-state index contributed by atoms with van der Waals surface area (Å²) in [6, 6.07) is 0.0164. The Morgan fingerprint density at radius 1 is 1.47 bits per heavy atom. The lowest BCUT2D eigenvalue weighted by Crippen LogP contribution is -2.25. The van der Waals surface area contributed by atoms with Gasteiger partial charge in [0.15, 0.2) is 0 Å². The summed E-state index contributed by atoms with van der Waals surface area (Å²) in [5.74, 6) is 0.407. The number of hydrogen-bond acceptors (Lipinski definition) is 4. The lowest BCUT2D eigenvalue weighted by Gasteiger charge is -2.25. The second-order valence-electron chi connectivity index (χ2n) is 4.86. The molecular weight excluding hydrogens is 232 g/mol. The molecule has 3 nitrogen and oxygen atoms in total. The van der Waals surface area contributed by atoms with E-state index in [1.807, 2.05) is 6.92 Å². The van der Waals surface area contributed by atoms with Gasteiger partial charge in [0.1, 0.15) is 10.6 Å². The fourth-order valence-electron chi connectivity index (χ4n) is 1.66. The van der Waals surface area contributed by atoms with Gasteiger partial charge in [-0.3, -0.25) is 0 Å². The number of hydrogen-bond donors (Lipinski definition) is 1. The van der Waals surface area contributed by atoms with Crippen molar-refractivity contribution in [2.75, 3.05) is 6.61 Å². The number of nitrogens with zero attached hydrogens (tertiary/aromatic N) is 1. The molecule has 2 unspecified atom stereocenters. The predicted octanol–water partition coefficient (Wildman–Crippen LogP) is 3.46. The highest BCUT2D eigenvalue weighted by atomic mass is 32.1. The minimum absolute atomic E-state index is 0.0164. The van der Waals surface area contributed by atoms with Gasteiger partial charge in [-0.25, -0.2) is 4.98 Å². The Balaban J connectivity index is 2.93. The van der Waals surface area contributed by atoms with E-state index in [0.29, 0.717) is 12.5 Å². The van der Waals surface area contributed by atoms with Crippen molar-refractivity contribution in [1.82, 2.24) is 4.98 Å². The minimum Gasteiger partial charge on any atom is -0.368 e. The average molecular weight is 256 g/mol. The zero-order chi connectivity index (χ0) is 13.1. The van der Waals surface area contributed by atoms with Crippen molar-refractivity contribution in [3.05, 3.63) is 16.1 Å². The second kappa shape index (κ2) is 5.94. The zero-order valence-corrected chi connectivity index (χ0v) is 12.3. The Morgan fingerprint density at radius 3 is 2.59 bits per heavy atom. The van der Waals surface area contributed by atoms with Gasteiger partial charge >= 0.3 is 0 Å². The molecule has 2 atom stereocenters. The SMILES string of the molecule is CCOC(C)(CC)c1nc(C(N)C(C)C)cs1. The van der Waals surface area contributed by atoms with E-state index in [1.165, 1.54) is 0 Å². The summed E-state index contributed by atoms with van der Waals surface area (Å²) in [7, 11) is 0. The van der Waals surface area contributed by atoms with Crippen molar-refractivity contribution in [2.24, 2.45) is 11.7 Å². The molecule has 4 heteroatoms. The van der Waals surface area contributed by atoms with Crippen LogP contribution in [0, 0.1) is 5.92 Å². The molecule has 0 radical (unpaired) electrons. The fraction of sp³-hybridized carbons (Fsp3) is 0.769. The number of thiazole rings is 1. The fourth-order valence-corrected chi connectivity index (χ4v) is 2.71. The molecule has 0 saturated carbocycles. The molecule has 0 aliphatic rings. The van der Waals surface area contributed by atoms with E-state index in [2.05, 4.69) is 38.1 Å². The molecular formula is C13H24N2OS. The van der Waals surface area contributed by atoms with E-state index in [-0.39, 0.29) is 11.6 Å². The molecule has 1 rings (SSSR count). The van der Waals surface area contributed by atoms with Crippen LogP contribution in [0.5, 0.6) is 0 Å². The molecule has 1 heterocycles. The van der Waals surface area contributed by atoms with Gasteiger partial charge in [-0.2, -0.15) is 0 Å². The molecule has 17 heavy (non-hydrogen) atoms. The van der Waals surface area contributed by atoms with Crippen LogP contribution in [0.2, 0.25) is 0 Å². The van der Waals surface area contributed by atoms with Crippen LogP contribution >= 0.6 is 11.3 Å². The molecule has 0 aromatic carbocycles. The lowest BCUT2D eigenvalue weighted by atomic mass is 10.0.